The van der Waals surface area contributed by atoms with E-state index in [2.05, 4.69) is 10.2 Å². The molecule has 2 aliphatic rings. The van der Waals surface area contributed by atoms with E-state index >= 15 is 0 Å². The molecule has 2 rings (SSSR count). The molecule has 0 aromatic carbocycles. The molecule has 0 bridgehead atoms. The van der Waals surface area contributed by atoms with Crippen LogP contribution in [-0.4, -0.2) is 79.5 Å². The molecule has 22 heavy (non-hydrogen) atoms. The van der Waals surface area contributed by atoms with Crippen molar-refractivity contribution in [2.24, 2.45) is 5.41 Å². The van der Waals surface area contributed by atoms with E-state index in [0.29, 0.717) is 6.54 Å². The van der Waals surface area contributed by atoms with Crippen molar-refractivity contribution >= 4 is 11.9 Å². The molecule has 0 radical (unpaired) electrons. The molecule has 1 spiro atoms. The minimum Gasteiger partial charge on any atom is -0.341 e. The normalized spacial score (nSPS) is 25.6. The summed E-state index contributed by atoms with van der Waals surface area (Å²) >= 11 is 0. The molecule has 1 atom stereocenters. The number of carbonyl (C=O) groups is 2. The van der Waals surface area contributed by atoms with Gasteiger partial charge in [-0.25, -0.2) is 4.79 Å². The van der Waals surface area contributed by atoms with Crippen LogP contribution in [0, 0.1) is 5.41 Å². The minimum atomic E-state index is -0.334. The van der Waals surface area contributed by atoms with Gasteiger partial charge in [-0.2, -0.15) is 0 Å². The maximum Gasteiger partial charge on any atom is 0.317 e. The molecule has 0 saturated carbocycles. The molecule has 6 heteroatoms. The summed E-state index contributed by atoms with van der Waals surface area (Å²) in [7, 11) is 4.05. The predicted octanol–water partition coefficient (Wildman–Crippen LogP) is 0.981. The molecule has 6 nitrogen and oxygen atoms in total. The summed E-state index contributed by atoms with van der Waals surface area (Å²) < 4.78 is 0. The fourth-order valence-electron chi connectivity index (χ4n) is 3.45. The van der Waals surface area contributed by atoms with Crippen molar-refractivity contribution in [1.29, 1.82) is 0 Å². The topological polar surface area (TPSA) is 55.9 Å². The predicted molar refractivity (Wildman–Crippen MR) is 86.7 cm³/mol. The standard InChI is InChI=1S/C16H30N4O2/c1-13(2)17-15(22)20-8-5-6-16(12-20)7-9-19(14(16)21)11-10-18(3)4/h13H,5-12H2,1-4H3,(H,17,22)/t16-/m1/s1. The second-order valence-electron chi connectivity index (χ2n) is 7.26. The first kappa shape index (κ1) is 17.1. The van der Waals surface area contributed by atoms with Gasteiger partial charge in [-0.05, 0) is 47.2 Å². The van der Waals surface area contributed by atoms with Crippen molar-refractivity contribution in [1.82, 2.24) is 20.0 Å². The molecule has 0 aromatic rings. The molecule has 1 N–H and O–H groups in total. The van der Waals surface area contributed by atoms with E-state index in [4.69, 9.17) is 0 Å². The molecular weight excluding hydrogens is 280 g/mol. The number of amides is 3. The fourth-order valence-corrected chi connectivity index (χ4v) is 3.45. The van der Waals surface area contributed by atoms with Gasteiger partial charge in [0.05, 0.1) is 5.41 Å². The van der Waals surface area contributed by atoms with E-state index in [9.17, 15) is 9.59 Å². The number of hydrogen-bond acceptors (Lipinski definition) is 3. The largest absolute Gasteiger partial charge is 0.341 e. The van der Waals surface area contributed by atoms with Crippen molar-refractivity contribution in [3.63, 3.8) is 0 Å². The van der Waals surface area contributed by atoms with Gasteiger partial charge in [-0.3, -0.25) is 4.79 Å². The Hall–Kier alpha value is -1.30. The molecule has 0 unspecified atom stereocenters. The van der Waals surface area contributed by atoms with Gasteiger partial charge in [0.25, 0.3) is 0 Å². The third-order valence-corrected chi connectivity index (χ3v) is 4.69. The van der Waals surface area contributed by atoms with E-state index in [0.717, 1.165) is 45.4 Å². The van der Waals surface area contributed by atoms with E-state index in [1.54, 1.807) is 0 Å². The van der Waals surface area contributed by atoms with Crippen molar-refractivity contribution in [2.75, 3.05) is 46.8 Å². The highest BCUT2D eigenvalue weighted by Crippen LogP contribution is 2.40. The Kier molecular flexibility index (Phi) is 5.32. The number of likely N-dealkylation sites (tertiary alicyclic amines) is 2. The van der Waals surface area contributed by atoms with Gasteiger partial charge >= 0.3 is 6.03 Å². The third kappa shape index (κ3) is 3.72. The lowest BCUT2D eigenvalue weighted by atomic mass is 9.78. The second kappa shape index (κ2) is 6.86. The van der Waals surface area contributed by atoms with Crippen LogP contribution in [0.5, 0.6) is 0 Å². The van der Waals surface area contributed by atoms with Gasteiger partial charge in [0.1, 0.15) is 0 Å². The fraction of sp³-hybridized carbons (Fsp3) is 0.875. The molecule has 2 fully saturated rings. The molecule has 0 aliphatic carbocycles. The number of likely N-dealkylation sites (N-methyl/N-ethyl adjacent to an activating group) is 1. The summed E-state index contributed by atoms with van der Waals surface area (Å²) in [5.41, 5.74) is -0.334. The number of rotatable bonds is 4. The second-order valence-corrected chi connectivity index (χ2v) is 7.26. The van der Waals surface area contributed by atoms with E-state index < -0.39 is 0 Å². The SMILES string of the molecule is CC(C)NC(=O)N1CCC[C@@]2(CCN(CCN(C)C)C2=O)C1. The van der Waals surface area contributed by atoms with Gasteiger partial charge in [-0.1, -0.05) is 0 Å². The summed E-state index contributed by atoms with van der Waals surface area (Å²) in [4.78, 5) is 31.0. The highest BCUT2D eigenvalue weighted by Gasteiger charge is 2.49. The first-order valence-corrected chi connectivity index (χ1v) is 8.34. The average Bonchev–Trinajstić information content (AvgIpc) is 2.73. The lowest BCUT2D eigenvalue weighted by Crippen LogP contribution is -2.53. The number of nitrogens with zero attached hydrogens (tertiary/aromatic N) is 3. The molecule has 2 heterocycles. The monoisotopic (exact) mass is 310 g/mol. The number of urea groups is 1. The number of nitrogens with one attached hydrogen (secondary N) is 1. The highest BCUT2D eigenvalue weighted by molar-refractivity contribution is 5.86. The van der Waals surface area contributed by atoms with Gasteiger partial charge in [0, 0.05) is 38.8 Å². The summed E-state index contributed by atoms with van der Waals surface area (Å²) in [5.74, 6) is 0.247. The zero-order valence-corrected chi connectivity index (χ0v) is 14.4. The Labute approximate surface area is 133 Å². The Morgan fingerprint density at radius 1 is 1.32 bits per heavy atom. The van der Waals surface area contributed by atoms with Crippen LogP contribution in [0.15, 0.2) is 0 Å². The Morgan fingerprint density at radius 3 is 2.68 bits per heavy atom. The van der Waals surface area contributed by atoms with Gasteiger partial charge in [0.2, 0.25) is 5.91 Å². The number of carbonyl (C=O) groups excluding carboxylic acids is 2. The molecule has 0 aromatic heterocycles. The molecule has 2 aliphatic heterocycles. The van der Waals surface area contributed by atoms with Crippen LogP contribution >= 0.6 is 0 Å². The average molecular weight is 310 g/mol. The first-order chi connectivity index (χ1) is 10.3. The molecular formula is C16H30N4O2. The maximum absolute atomic E-state index is 12.8. The Bertz CT molecular complexity index is 424. The first-order valence-electron chi connectivity index (χ1n) is 8.34. The summed E-state index contributed by atoms with van der Waals surface area (Å²) in [6, 6.07) is 0.0925. The van der Waals surface area contributed by atoms with Crippen LogP contribution < -0.4 is 5.32 Å². The van der Waals surface area contributed by atoms with E-state index in [-0.39, 0.29) is 23.4 Å². The highest BCUT2D eigenvalue weighted by atomic mass is 16.2. The van der Waals surface area contributed by atoms with Crippen LogP contribution in [0.25, 0.3) is 0 Å². The maximum atomic E-state index is 12.8. The van der Waals surface area contributed by atoms with Gasteiger partial charge in [-0.15, -0.1) is 0 Å². The Balaban J connectivity index is 1.98. The molecule has 2 saturated heterocycles. The van der Waals surface area contributed by atoms with Gasteiger partial charge in [0.15, 0.2) is 0 Å². The summed E-state index contributed by atoms with van der Waals surface area (Å²) in [6.07, 6.45) is 2.71. The van der Waals surface area contributed by atoms with Crippen molar-refractivity contribution in [3.05, 3.63) is 0 Å². The smallest absolute Gasteiger partial charge is 0.317 e. The van der Waals surface area contributed by atoms with Crippen LogP contribution in [0.2, 0.25) is 0 Å². The van der Waals surface area contributed by atoms with E-state index in [1.807, 2.05) is 37.7 Å². The lowest BCUT2D eigenvalue weighted by molar-refractivity contribution is -0.138. The number of piperidine rings is 1. The third-order valence-electron chi connectivity index (χ3n) is 4.69. The minimum absolute atomic E-state index is 0.0337. The lowest BCUT2D eigenvalue weighted by Gasteiger charge is -2.39. The summed E-state index contributed by atoms with van der Waals surface area (Å²) in [5, 5.41) is 2.94. The van der Waals surface area contributed by atoms with Gasteiger partial charge < -0.3 is 20.0 Å². The zero-order chi connectivity index (χ0) is 16.3. The van der Waals surface area contributed by atoms with Crippen LogP contribution in [0.1, 0.15) is 33.1 Å². The Morgan fingerprint density at radius 2 is 2.05 bits per heavy atom. The van der Waals surface area contributed by atoms with Crippen LogP contribution in [0.3, 0.4) is 0 Å². The number of hydrogen-bond donors (Lipinski definition) is 1. The quantitative estimate of drug-likeness (QED) is 0.842. The van der Waals surface area contributed by atoms with Crippen LogP contribution in [-0.2, 0) is 4.79 Å². The zero-order valence-electron chi connectivity index (χ0n) is 14.4. The van der Waals surface area contributed by atoms with Crippen LogP contribution in [0.4, 0.5) is 4.79 Å². The molecule has 3 amide bonds. The molecule has 126 valence electrons. The van der Waals surface area contributed by atoms with Crippen molar-refractivity contribution < 1.29 is 9.59 Å². The summed E-state index contributed by atoms with van der Waals surface area (Å²) in [6.45, 7) is 7.74. The van der Waals surface area contributed by atoms with Crippen molar-refractivity contribution in [2.45, 2.75) is 39.2 Å². The van der Waals surface area contributed by atoms with Crippen molar-refractivity contribution in [3.8, 4) is 0 Å². The van der Waals surface area contributed by atoms with E-state index in [1.165, 1.54) is 0 Å².